The second-order valence-corrected chi connectivity index (χ2v) is 5.85. The van der Waals surface area contributed by atoms with E-state index < -0.39 is 0 Å². The van der Waals surface area contributed by atoms with E-state index >= 15 is 0 Å². The lowest BCUT2D eigenvalue weighted by Gasteiger charge is -2.10. The minimum Gasteiger partial charge on any atom is -0.497 e. The zero-order chi connectivity index (χ0) is 17.6. The van der Waals surface area contributed by atoms with Gasteiger partial charge in [0.15, 0.2) is 5.13 Å². The van der Waals surface area contributed by atoms with Crippen molar-refractivity contribution in [2.45, 2.75) is 6.54 Å². The number of methoxy groups -OCH3 is 2. The van der Waals surface area contributed by atoms with Crippen LogP contribution < -0.4 is 20.1 Å². The molecule has 2 N–H and O–H groups in total. The van der Waals surface area contributed by atoms with Crippen LogP contribution in [0.5, 0.6) is 11.5 Å². The van der Waals surface area contributed by atoms with Crippen LogP contribution in [0.15, 0.2) is 46.4 Å². The van der Waals surface area contributed by atoms with Gasteiger partial charge in [0, 0.05) is 11.4 Å². The van der Waals surface area contributed by atoms with E-state index in [-0.39, 0.29) is 5.91 Å². The van der Waals surface area contributed by atoms with Crippen molar-refractivity contribution in [3.05, 3.63) is 53.4 Å². The molecule has 0 saturated carbocycles. The first-order chi connectivity index (χ1) is 12.2. The molecule has 3 rings (SSSR count). The van der Waals surface area contributed by atoms with Gasteiger partial charge >= 0.3 is 0 Å². The maximum Gasteiger partial charge on any atom is 0.275 e. The van der Waals surface area contributed by atoms with E-state index in [1.807, 2.05) is 12.1 Å². The minimum absolute atomic E-state index is 0.314. The van der Waals surface area contributed by atoms with Crippen LogP contribution >= 0.6 is 11.3 Å². The molecule has 0 spiro atoms. The summed E-state index contributed by atoms with van der Waals surface area (Å²) in [6.07, 6.45) is 1.61. The third-order valence-corrected chi connectivity index (χ3v) is 4.19. The van der Waals surface area contributed by atoms with Gasteiger partial charge in [0.2, 0.25) is 0 Å². The largest absolute Gasteiger partial charge is 0.497 e. The topological polar surface area (TPSA) is 85.6 Å². The molecule has 0 aliphatic heterocycles. The van der Waals surface area contributed by atoms with Crippen molar-refractivity contribution in [3.8, 4) is 11.5 Å². The van der Waals surface area contributed by atoms with Gasteiger partial charge in [-0.2, -0.15) is 0 Å². The predicted octanol–water partition coefficient (Wildman–Crippen LogP) is 3.62. The van der Waals surface area contributed by atoms with E-state index in [9.17, 15) is 4.79 Å². The molecule has 1 aromatic carbocycles. The summed E-state index contributed by atoms with van der Waals surface area (Å²) < 4.78 is 15.7. The van der Waals surface area contributed by atoms with E-state index in [4.69, 9.17) is 13.9 Å². The molecule has 25 heavy (non-hydrogen) atoms. The SMILES string of the molecule is COc1ccc(NC(=O)c2csc(NCc3ccco3)n2)c(OC)c1. The molecule has 0 fully saturated rings. The number of ether oxygens (including phenoxy) is 2. The lowest BCUT2D eigenvalue weighted by Crippen LogP contribution is -2.13. The Hall–Kier alpha value is -3.00. The van der Waals surface area contributed by atoms with Crippen molar-refractivity contribution in [1.29, 1.82) is 0 Å². The van der Waals surface area contributed by atoms with E-state index in [2.05, 4.69) is 15.6 Å². The summed E-state index contributed by atoms with van der Waals surface area (Å²) in [7, 11) is 3.10. The Balaban J connectivity index is 1.65. The summed E-state index contributed by atoms with van der Waals surface area (Å²) in [5, 5.41) is 8.24. The Labute approximate surface area is 148 Å². The molecule has 130 valence electrons. The minimum atomic E-state index is -0.314. The lowest BCUT2D eigenvalue weighted by atomic mass is 10.2. The lowest BCUT2D eigenvalue weighted by molar-refractivity contribution is 0.102. The number of nitrogens with one attached hydrogen (secondary N) is 2. The molecule has 3 aromatic rings. The van der Waals surface area contributed by atoms with Crippen LogP contribution in [0.1, 0.15) is 16.2 Å². The van der Waals surface area contributed by atoms with Crippen molar-refractivity contribution in [3.63, 3.8) is 0 Å². The molecular weight excluding hydrogens is 342 g/mol. The van der Waals surface area contributed by atoms with Crippen LogP contribution in [0, 0.1) is 0 Å². The van der Waals surface area contributed by atoms with Gasteiger partial charge in [0.05, 0.1) is 32.7 Å². The van der Waals surface area contributed by atoms with Gasteiger partial charge in [-0.25, -0.2) is 4.98 Å². The van der Waals surface area contributed by atoms with E-state index in [1.165, 1.54) is 18.4 Å². The second kappa shape index (κ2) is 7.71. The first kappa shape index (κ1) is 16.8. The number of furan rings is 1. The molecule has 0 unspecified atom stereocenters. The smallest absolute Gasteiger partial charge is 0.275 e. The van der Waals surface area contributed by atoms with Crippen molar-refractivity contribution in [2.75, 3.05) is 24.9 Å². The Morgan fingerprint density at radius 3 is 2.88 bits per heavy atom. The number of aromatic nitrogens is 1. The number of rotatable bonds is 7. The highest BCUT2D eigenvalue weighted by Gasteiger charge is 2.14. The van der Waals surface area contributed by atoms with E-state index in [1.54, 1.807) is 37.0 Å². The third kappa shape index (κ3) is 4.10. The predicted molar refractivity (Wildman–Crippen MR) is 95.6 cm³/mol. The highest BCUT2D eigenvalue weighted by atomic mass is 32.1. The van der Waals surface area contributed by atoms with Gasteiger partial charge in [0.25, 0.3) is 5.91 Å². The van der Waals surface area contributed by atoms with Gasteiger partial charge in [0.1, 0.15) is 23.0 Å². The number of carbonyl (C=O) groups excluding carboxylic acids is 1. The second-order valence-electron chi connectivity index (χ2n) is 4.99. The van der Waals surface area contributed by atoms with Crippen molar-refractivity contribution in [2.24, 2.45) is 0 Å². The van der Waals surface area contributed by atoms with Crippen LogP contribution in [0.25, 0.3) is 0 Å². The highest BCUT2D eigenvalue weighted by molar-refractivity contribution is 7.13. The maximum atomic E-state index is 12.4. The normalized spacial score (nSPS) is 10.3. The fourth-order valence-electron chi connectivity index (χ4n) is 2.12. The van der Waals surface area contributed by atoms with Crippen LogP contribution in [-0.4, -0.2) is 25.1 Å². The fourth-order valence-corrected chi connectivity index (χ4v) is 2.81. The molecule has 0 bridgehead atoms. The monoisotopic (exact) mass is 359 g/mol. The zero-order valence-corrected chi connectivity index (χ0v) is 14.6. The quantitative estimate of drug-likeness (QED) is 0.670. The van der Waals surface area contributed by atoms with Gasteiger partial charge in [-0.1, -0.05) is 0 Å². The Kier molecular flexibility index (Phi) is 5.20. The molecule has 0 saturated heterocycles. The third-order valence-electron chi connectivity index (χ3n) is 3.39. The highest BCUT2D eigenvalue weighted by Crippen LogP contribution is 2.29. The number of carbonyl (C=O) groups is 1. The van der Waals surface area contributed by atoms with Gasteiger partial charge in [-0.05, 0) is 24.3 Å². The van der Waals surface area contributed by atoms with Crippen molar-refractivity contribution in [1.82, 2.24) is 4.98 Å². The zero-order valence-electron chi connectivity index (χ0n) is 13.7. The van der Waals surface area contributed by atoms with E-state index in [0.29, 0.717) is 34.6 Å². The first-order valence-corrected chi connectivity index (χ1v) is 8.32. The summed E-state index contributed by atoms with van der Waals surface area (Å²) in [5.41, 5.74) is 0.871. The summed E-state index contributed by atoms with van der Waals surface area (Å²) in [5.74, 6) is 1.64. The molecule has 0 atom stereocenters. The summed E-state index contributed by atoms with van der Waals surface area (Å²) >= 11 is 1.35. The fraction of sp³-hybridized carbons (Fsp3) is 0.176. The Bertz CT molecular complexity index is 845. The Morgan fingerprint density at radius 1 is 1.28 bits per heavy atom. The molecule has 7 nitrogen and oxygen atoms in total. The molecule has 2 heterocycles. The van der Waals surface area contributed by atoms with Gasteiger partial charge < -0.3 is 24.5 Å². The maximum absolute atomic E-state index is 12.4. The standard InChI is InChI=1S/C17H17N3O4S/c1-22-11-5-6-13(15(8-11)23-2)19-16(21)14-10-25-17(20-14)18-9-12-4-3-7-24-12/h3-8,10H,9H2,1-2H3,(H,18,20)(H,19,21). The molecule has 1 amide bonds. The number of thiazole rings is 1. The van der Waals surface area contributed by atoms with Crippen LogP contribution in [0.4, 0.5) is 10.8 Å². The molecule has 0 aliphatic rings. The van der Waals surface area contributed by atoms with Gasteiger partial charge in [-0.15, -0.1) is 11.3 Å². The molecule has 8 heteroatoms. The number of anilines is 2. The summed E-state index contributed by atoms with van der Waals surface area (Å²) in [4.78, 5) is 16.7. The Morgan fingerprint density at radius 2 is 2.16 bits per heavy atom. The number of benzene rings is 1. The van der Waals surface area contributed by atoms with Crippen LogP contribution in [0.2, 0.25) is 0 Å². The summed E-state index contributed by atoms with van der Waals surface area (Å²) in [6.45, 7) is 0.508. The van der Waals surface area contributed by atoms with Crippen LogP contribution in [0.3, 0.4) is 0 Å². The van der Waals surface area contributed by atoms with Crippen molar-refractivity contribution < 1.29 is 18.7 Å². The first-order valence-electron chi connectivity index (χ1n) is 7.44. The molecule has 0 aliphatic carbocycles. The number of nitrogens with zero attached hydrogens (tertiary/aromatic N) is 1. The summed E-state index contributed by atoms with van der Waals surface area (Å²) in [6, 6.07) is 8.85. The van der Waals surface area contributed by atoms with Gasteiger partial charge in [-0.3, -0.25) is 4.79 Å². The molecule has 2 aromatic heterocycles. The number of hydrogen-bond donors (Lipinski definition) is 2. The average molecular weight is 359 g/mol. The number of hydrogen-bond acceptors (Lipinski definition) is 7. The van der Waals surface area contributed by atoms with Crippen LogP contribution in [-0.2, 0) is 6.54 Å². The van der Waals surface area contributed by atoms with Crippen molar-refractivity contribution >= 4 is 28.1 Å². The molecular formula is C17H17N3O4S. The molecule has 0 radical (unpaired) electrons. The number of amides is 1. The van der Waals surface area contributed by atoms with E-state index in [0.717, 1.165) is 5.76 Å². The average Bonchev–Trinajstić information content (AvgIpc) is 3.32.